The maximum absolute atomic E-state index is 3.74. The van der Waals surface area contributed by atoms with Crippen molar-refractivity contribution in [1.82, 2.24) is 4.98 Å². The SMILES string of the molecule is c1ccc(Cc2cccc3[nH]c4c5ccccc5c5ccccc5c4c23)cc1. The van der Waals surface area contributed by atoms with E-state index in [9.17, 15) is 0 Å². The van der Waals surface area contributed by atoms with Gasteiger partial charge in [0.05, 0.1) is 5.52 Å². The van der Waals surface area contributed by atoms with Crippen molar-refractivity contribution in [1.29, 1.82) is 0 Å². The summed E-state index contributed by atoms with van der Waals surface area (Å²) in [5.41, 5.74) is 5.17. The molecule has 6 rings (SSSR count). The summed E-state index contributed by atoms with van der Waals surface area (Å²) >= 11 is 0. The van der Waals surface area contributed by atoms with E-state index in [0.717, 1.165) is 6.42 Å². The lowest BCUT2D eigenvalue weighted by molar-refractivity contribution is 1.22. The van der Waals surface area contributed by atoms with E-state index in [-0.39, 0.29) is 0 Å². The predicted molar refractivity (Wildman–Crippen MR) is 120 cm³/mol. The first-order valence-corrected chi connectivity index (χ1v) is 9.77. The van der Waals surface area contributed by atoms with E-state index in [0.29, 0.717) is 0 Å². The largest absolute Gasteiger partial charge is 0.354 e. The van der Waals surface area contributed by atoms with Crippen LogP contribution < -0.4 is 0 Å². The lowest BCUT2D eigenvalue weighted by Gasteiger charge is -2.09. The Hall–Kier alpha value is -3.58. The van der Waals surface area contributed by atoms with Gasteiger partial charge in [-0.2, -0.15) is 0 Å². The molecule has 0 bridgehead atoms. The molecule has 6 aromatic rings. The maximum atomic E-state index is 3.74. The zero-order valence-electron chi connectivity index (χ0n) is 15.4. The fourth-order valence-electron chi connectivity index (χ4n) is 4.63. The quantitative estimate of drug-likeness (QED) is 0.315. The van der Waals surface area contributed by atoms with Gasteiger partial charge >= 0.3 is 0 Å². The number of aromatic nitrogens is 1. The second-order valence-corrected chi connectivity index (χ2v) is 7.47. The second-order valence-electron chi connectivity index (χ2n) is 7.47. The fourth-order valence-corrected chi connectivity index (χ4v) is 4.63. The van der Waals surface area contributed by atoms with E-state index in [2.05, 4.69) is 102 Å². The molecule has 0 atom stereocenters. The molecule has 0 aliphatic heterocycles. The highest BCUT2D eigenvalue weighted by molar-refractivity contribution is 6.31. The third-order valence-electron chi connectivity index (χ3n) is 5.83. The van der Waals surface area contributed by atoms with E-state index < -0.39 is 0 Å². The first kappa shape index (κ1) is 15.5. The Morgan fingerprint density at radius 3 is 1.93 bits per heavy atom. The number of rotatable bonds is 2. The van der Waals surface area contributed by atoms with E-state index in [1.165, 1.54) is 54.5 Å². The van der Waals surface area contributed by atoms with Gasteiger partial charge in [0.15, 0.2) is 0 Å². The van der Waals surface area contributed by atoms with Gasteiger partial charge < -0.3 is 4.98 Å². The summed E-state index contributed by atoms with van der Waals surface area (Å²) < 4.78 is 0. The lowest BCUT2D eigenvalue weighted by Crippen LogP contribution is -1.89. The molecule has 0 saturated heterocycles. The van der Waals surface area contributed by atoms with E-state index in [4.69, 9.17) is 0 Å². The number of hydrogen-bond donors (Lipinski definition) is 1. The molecule has 1 N–H and O–H groups in total. The summed E-state index contributed by atoms with van der Waals surface area (Å²) in [7, 11) is 0. The van der Waals surface area contributed by atoms with Crippen LogP contribution in [0, 0.1) is 0 Å². The van der Waals surface area contributed by atoms with Crippen molar-refractivity contribution in [3.63, 3.8) is 0 Å². The molecule has 0 saturated carbocycles. The minimum absolute atomic E-state index is 0.937. The molecular weight excluding hydrogens is 338 g/mol. The molecule has 132 valence electrons. The van der Waals surface area contributed by atoms with Gasteiger partial charge in [0, 0.05) is 21.7 Å². The van der Waals surface area contributed by atoms with Gasteiger partial charge in [-0.1, -0.05) is 91.0 Å². The van der Waals surface area contributed by atoms with Gasteiger partial charge in [-0.25, -0.2) is 0 Å². The molecule has 0 aliphatic carbocycles. The van der Waals surface area contributed by atoms with Gasteiger partial charge in [-0.3, -0.25) is 0 Å². The molecule has 0 radical (unpaired) electrons. The standard InChI is InChI=1S/C27H19N/c1-2-9-18(10-3-1)17-19-11-8-16-24-25(19)26-22-14-6-4-12-20(22)21-13-5-7-15-23(21)27(26)28-24/h1-16,28H,17H2. The van der Waals surface area contributed by atoms with Crippen molar-refractivity contribution in [2.45, 2.75) is 6.42 Å². The predicted octanol–water partition coefficient (Wildman–Crippen LogP) is 7.22. The molecule has 1 nitrogen and oxygen atoms in total. The molecule has 1 aromatic heterocycles. The zero-order valence-corrected chi connectivity index (χ0v) is 15.4. The molecule has 28 heavy (non-hydrogen) atoms. The molecule has 0 aliphatic rings. The Kier molecular flexibility index (Phi) is 3.30. The van der Waals surface area contributed by atoms with Crippen LogP contribution in [0.1, 0.15) is 11.1 Å². The van der Waals surface area contributed by atoms with Crippen LogP contribution in [0.4, 0.5) is 0 Å². The zero-order chi connectivity index (χ0) is 18.5. The first-order chi connectivity index (χ1) is 13.9. The minimum atomic E-state index is 0.937. The highest BCUT2D eigenvalue weighted by Crippen LogP contribution is 2.40. The van der Waals surface area contributed by atoms with Crippen molar-refractivity contribution in [2.24, 2.45) is 0 Å². The van der Waals surface area contributed by atoms with E-state index in [1.54, 1.807) is 0 Å². The molecular formula is C27H19N. The van der Waals surface area contributed by atoms with Crippen LogP contribution in [0.15, 0.2) is 97.1 Å². The summed E-state index contributed by atoms with van der Waals surface area (Å²) in [5.74, 6) is 0. The molecule has 1 heterocycles. The van der Waals surface area contributed by atoms with Crippen LogP contribution in [-0.4, -0.2) is 4.98 Å². The Morgan fingerprint density at radius 1 is 0.500 bits per heavy atom. The summed E-state index contributed by atoms with van der Waals surface area (Å²) in [4.78, 5) is 3.74. The van der Waals surface area contributed by atoms with Crippen molar-refractivity contribution >= 4 is 43.4 Å². The number of hydrogen-bond acceptors (Lipinski definition) is 0. The molecule has 0 spiro atoms. The van der Waals surface area contributed by atoms with Crippen LogP contribution in [0.2, 0.25) is 0 Å². The molecule has 5 aromatic carbocycles. The van der Waals surface area contributed by atoms with Gasteiger partial charge in [-0.05, 0) is 39.8 Å². The van der Waals surface area contributed by atoms with Crippen LogP contribution in [-0.2, 0) is 6.42 Å². The molecule has 1 heteroatoms. The fraction of sp³-hybridized carbons (Fsp3) is 0.0370. The van der Waals surface area contributed by atoms with Crippen LogP contribution in [0.3, 0.4) is 0 Å². The third-order valence-corrected chi connectivity index (χ3v) is 5.83. The topological polar surface area (TPSA) is 15.8 Å². The van der Waals surface area contributed by atoms with Crippen LogP contribution in [0.5, 0.6) is 0 Å². The smallest absolute Gasteiger partial charge is 0.0551 e. The normalized spacial score (nSPS) is 11.7. The Labute approximate surface area is 163 Å². The Balaban J connectivity index is 1.80. The van der Waals surface area contributed by atoms with E-state index in [1.807, 2.05) is 0 Å². The van der Waals surface area contributed by atoms with Crippen molar-refractivity contribution in [3.8, 4) is 0 Å². The Morgan fingerprint density at radius 2 is 1.14 bits per heavy atom. The van der Waals surface area contributed by atoms with Gasteiger partial charge in [-0.15, -0.1) is 0 Å². The summed E-state index contributed by atoms with van der Waals surface area (Å²) in [6.07, 6.45) is 0.937. The number of benzene rings is 5. The number of fused-ring (bicyclic) bond motifs is 8. The van der Waals surface area contributed by atoms with Crippen molar-refractivity contribution in [3.05, 3.63) is 108 Å². The van der Waals surface area contributed by atoms with E-state index >= 15 is 0 Å². The van der Waals surface area contributed by atoms with Crippen molar-refractivity contribution < 1.29 is 0 Å². The molecule has 0 unspecified atom stereocenters. The number of nitrogens with one attached hydrogen (secondary N) is 1. The lowest BCUT2D eigenvalue weighted by atomic mass is 9.94. The van der Waals surface area contributed by atoms with Gasteiger partial charge in [0.25, 0.3) is 0 Å². The Bertz CT molecular complexity index is 1470. The number of H-pyrrole nitrogens is 1. The average molecular weight is 357 g/mol. The third kappa shape index (κ3) is 2.20. The monoisotopic (exact) mass is 357 g/mol. The maximum Gasteiger partial charge on any atom is 0.0551 e. The minimum Gasteiger partial charge on any atom is -0.354 e. The van der Waals surface area contributed by atoms with Gasteiger partial charge in [0.2, 0.25) is 0 Å². The molecule has 0 amide bonds. The molecule has 0 fully saturated rings. The number of aromatic amines is 1. The summed E-state index contributed by atoms with van der Waals surface area (Å²) in [6.45, 7) is 0. The summed E-state index contributed by atoms with van der Waals surface area (Å²) in [5, 5.41) is 7.93. The van der Waals surface area contributed by atoms with Crippen LogP contribution in [0.25, 0.3) is 43.4 Å². The first-order valence-electron chi connectivity index (χ1n) is 9.77. The average Bonchev–Trinajstić information content (AvgIpc) is 3.16. The van der Waals surface area contributed by atoms with Crippen LogP contribution >= 0.6 is 0 Å². The van der Waals surface area contributed by atoms with Crippen molar-refractivity contribution in [2.75, 3.05) is 0 Å². The second kappa shape index (κ2) is 5.97. The highest BCUT2D eigenvalue weighted by Gasteiger charge is 2.15. The summed E-state index contributed by atoms with van der Waals surface area (Å²) in [6, 6.07) is 34.9. The highest BCUT2D eigenvalue weighted by atomic mass is 14.7. The van der Waals surface area contributed by atoms with Gasteiger partial charge in [0.1, 0.15) is 0 Å².